The second-order valence-corrected chi connectivity index (χ2v) is 6.20. The first-order valence-electron chi connectivity index (χ1n) is 7.31. The van der Waals surface area contributed by atoms with E-state index in [1.54, 1.807) is 12.3 Å². The Kier molecular flexibility index (Phi) is 3.94. The van der Waals surface area contributed by atoms with Gasteiger partial charge in [0, 0.05) is 30.5 Å². The van der Waals surface area contributed by atoms with E-state index < -0.39 is 0 Å². The Hall–Kier alpha value is -1.13. The average molecular weight is 294 g/mol. The molecular weight excluding hydrogens is 274 g/mol. The third-order valence-corrected chi connectivity index (χ3v) is 4.78. The van der Waals surface area contributed by atoms with E-state index >= 15 is 0 Å². The number of aromatic nitrogens is 1. The molecule has 3 rings (SSSR count). The first-order valence-corrected chi connectivity index (χ1v) is 7.69. The largest absolute Gasteiger partial charge is 0.335 e. The SMILES string of the molecule is O=C(Cc1ccc(Cl)cn1)N1CCNCCC12CCC2. The van der Waals surface area contributed by atoms with Crippen molar-refractivity contribution in [2.45, 2.75) is 37.6 Å². The molecule has 2 aliphatic rings. The molecule has 0 atom stereocenters. The second-order valence-electron chi connectivity index (χ2n) is 5.77. The van der Waals surface area contributed by atoms with Crippen LogP contribution in [-0.2, 0) is 11.2 Å². The predicted octanol–water partition coefficient (Wildman–Crippen LogP) is 2.02. The van der Waals surface area contributed by atoms with Gasteiger partial charge >= 0.3 is 0 Å². The molecule has 1 aromatic rings. The number of carbonyl (C=O) groups excluding carboxylic acids is 1. The second kappa shape index (κ2) is 5.70. The molecule has 4 nitrogen and oxygen atoms in total. The highest BCUT2D eigenvalue weighted by molar-refractivity contribution is 6.30. The van der Waals surface area contributed by atoms with Gasteiger partial charge in [-0.3, -0.25) is 9.78 Å². The zero-order valence-electron chi connectivity index (χ0n) is 11.6. The number of rotatable bonds is 2. The first kappa shape index (κ1) is 13.8. The van der Waals surface area contributed by atoms with Crippen molar-refractivity contribution in [2.75, 3.05) is 19.6 Å². The van der Waals surface area contributed by atoms with Crippen LogP contribution in [0.25, 0.3) is 0 Å². The van der Waals surface area contributed by atoms with Crippen LogP contribution in [0.15, 0.2) is 18.3 Å². The Balaban J connectivity index is 1.72. The van der Waals surface area contributed by atoms with E-state index in [0.717, 1.165) is 44.6 Å². The molecule has 2 heterocycles. The summed E-state index contributed by atoms with van der Waals surface area (Å²) in [5, 5.41) is 4.01. The maximum atomic E-state index is 12.6. The molecule has 1 aromatic heterocycles. The molecule has 1 spiro atoms. The van der Waals surface area contributed by atoms with E-state index in [0.29, 0.717) is 11.4 Å². The first-order chi connectivity index (χ1) is 9.70. The maximum Gasteiger partial charge on any atom is 0.229 e. The van der Waals surface area contributed by atoms with Crippen molar-refractivity contribution in [1.82, 2.24) is 15.2 Å². The highest BCUT2D eigenvalue weighted by Gasteiger charge is 2.44. The van der Waals surface area contributed by atoms with Gasteiger partial charge in [-0.25, -0.2) is 0 Å². The predicted molar refractivity (Wildman–Crippen MR) is 78.7 cm³/mol. The Labute approximate surface area is 124 Å². The fourth-order valence-electron chi connectivity index (χ4n) is 3.26. The van der Waals surface area contributed by atoms with Gasteiger partial charge in [0.25, 0.3) is 0 Å². The average Bonchev–Trinajstić information content (AvgIpc) is 2.63. The highest BCUT2D eigenvalue weighted by Crippen LogP contribution is 2.41. The summed E-state index contributed by atoms with van der Waals surface area (Å²) < 4.78 is 0. The lowest BCUT2D eigenvalue weighted by molar-refractivity contribution is -0.140. The van der Waals surface area contributed by atoms with Crippen LogP contribution in [0.3, 0.4) is 0 Å². The van der Waals surface area contributed by atoms with Crippen LogP contribution in [0.4, 0.5) is 0 Å². The molecule has 20 heavy (non-hydrogen) atoms. The minimum atomic E-state index is 0.118. The number of halogens is 1. The van der Waals surface area contributed by atoms with Crippen LogP contribution in [0.1, 0.15) is 31.4 Å². The van der Waals surface area contributed by atoms with Gasteiger partial charge in [0.05, 0.1) is 11.4 Å². The molecule has 0 bridgehead atoms. The van der Waals surface area contributed by atoms with Crippen LogP contribution >= 0.6 is 11.6 Å². The zero-order valence-corrected chi connectivity index (χ0v) is 12.3. The van der Waals surface area contributed by atoms with Gasteiger partial charge in [-0.15, -0.1) is 0 Å². The molecule has 0 radical (unpaired) electrons. The molecule has 108 valence electrons. The number of carbonyl (C=O) groups is 1. The number of hydrogen-bond donors (Lipinski definition) is 1. The van der Waals surface area contributed by atoms with Crippen LogP contribution < -0.4 is 5.32 Å². The van der Waals surface area contributed by atoms with Crippen LogP contribution in [0.2, 0.25) is 5.02 Å². The summed E-state index contributed by atoms with van der Waals surface area (Å²) in [6.45, 7) is 2.72. The van der Waals surface area contributed by atoms with Crippen molar-refractivity contribution in [3.05, 3.63) is 29.0 Å². The summed E-state index contributed by atoms with van der Waals surface area (Å²) in [6, 6.07) is 3.63. The number of pyridine rings is 1. The monoisotopic (exact) mass is 293 g/mol. The van der Waals surface area contributed by atoms with Crippen LogP contribution in [-0.4, -0.2) is 41.0 Å². The van der Waals surface area contributed by atoms with Crippen molar-refractivity contribution in [3.8, 4) is 0 Å². The smallest absolute Gasteiger partial charge is 0.229 e. The Bertz CT molecular complexity index is 484. The molecule has 1 saturated carbocycles. The van der Waals surface area contributed by atoms with Crippen molar-refractivity contribution < 1.29 is 4.79 Å². The molecule has 1 aliphatic heterocycles. The zero-order chi connectivity index (χ0) is 14.0. The van der Waals surface area contributed by atoms with E-state index in [2.05, 4.69) is 15.2 Å². The van der Waals surface area contributed by atoms with Gasteiger partial charge in [-0.1, -0.05) is 11.6 Å². The van der Waals surface area contributed by atoms with Crippen LogP contribution in [0, 0.1) is 0 Å². The molecule has 1 amide bonds. The van der Waals surface area contributed by atoms with Crippen molar-refractivity contribution in [2.24, 2.45) is 0 Å². The molecule has 2 fully saturated rings. The number of amides is 1. The van der Waals surface area contributed by atoms with Gasteiger partial charge in [-0.2, -0.15) is 0 Å². The number of hydrogen-bond acceptors (Lipinski definition) is 3. The van der Waals surface area contributed by atoms with Gasteiger partial charge in [0.2, 0.25) is 5.91 Å². The third-order valence-electron chi connectivity index (χ3n) is 4.56. The van der Waals surface area contributed by atoms with Crippen LogP contribution in [0.5, 0.6) is 0 Å². The molecule has 5 heteroatoms. The van der Waals surface area contributed by atoms with Gasteiger partial charge in [0.15, 0.2) is 0 Å². The van der Waals surface area contributed by atoms with Gasteiger partial charge < -0.3 is 10.2 Å². The highest BCUT2D eigenvalue weighted by atomic mass is 35.5. The molecule has 1 aliphatic carbocycles. The number of nitrogens with zero attached hydrogens (tertiary/aromatic N) is 2. The summed E-state index contributed by atoms with van der Waals surface area (Å²) in [6.07, 6.45) is 6.59. The van der Waals surface area contributed by atoms with Crippen molar-refractivity contribution in [1.29, 1.82) is 0 Å². The normalized spacial score (nSPS) is 21.4. The summed E-state index contributed by atoms with van der Waals surface area (Å²) in [7, 11) is 0. The Morgan fingerprint density at radius 1 is 1.35 bits per heavy atom. The fraction of sp³-hybridized carbons (Fsp3) is 0.600. The molecule has 0 unspecified atom stereocenters. The standard InChI is InChI=1S/C15H20ClN3O/c16-12-2-3-13(18-11-12)10-14(20)19-9-8-17-7-6-15(19)4-1-5-15/h2-3,11,17H,1,4-10H2. The fourth-order valence-corrected chi connectivity index (χ4v) is 3.38. The summed E-state index contributed by atoms with van der Waals surface area (Å²) in [4.78, 5) is 19.0. The molecular formula is C15H20ClN3O. The van der Waals surface area contributed by atoms with Crippen molar-refractivity contribution in [3.63, 3.8) is 0 Å². The minimum absolute atomic E-state index is 0.118. The summed E-state index contributed by atoms with van der Waals surface area (Å²) in [5.41, 5.74) is 0.915. The van der Waals surface area contributed by atoms with E-state index in [1.807, 2.05) is 6.07 Å². The van der Waals surface area contributed by atoms with E-state index in [4.69, 9.17) is 11.6 Å². The number of nitrogens with one attached hydrogen (secondary N) is 1. The lowest BCUT2D eigenvalue weighted by Crippen LogP contribution is -2.56. The van der Waals surface area contributed by atoms with Gasteiger partial charge in [-0.05, 0) is 44.4 Å². The third kappa shape index (κ3) is 2.67. The van der Waals surface area contributed by atoms with E-state index in [9.17, 15) is 4.79 Å². The molecule has 1 N–H and O–H groups in total. The Morgan fingerprint density at radius 3 is 2.85 bits per heavy atom. The lowest BCUT2D eigenvalue weighted by atomic mass is 9.73. The summed E-state index contributed by atoms with van der Waals surface area (Å²) in [5.74, 6) is 0.197. The molecule has 0 aromatic carbocycles. The van der Waals surface area contributed by atoms with E-state index in [-0.39, 0.29) is 11.4 Å². The van der Waals surface area contributed by atoms with Gasteiger partial charge in [0.1, 0.15) is 0 Å². The minimum Gasteiger partial charge on any atom is -0.335 e. The molecule has 1 saturated heterocycles. The lowest BCUT2D eigenvalue weighted by Gasteiger charge is -2.49. The van der Waals surface area contributed by atoms with E-state index in [1.165, 1.54) is 6.42 Å². The topological polar surface area (TPSA) is 45.2 Å². The maximum absolute atomic E-state index is 12.6. The van der Waals surface area contributed by atoms with Crippen molar-refractivity contribution >= 4 is 17.5 Å². The quantitative estimate of drug-likeness (QED) is 0.907. The summed E-state index contributed by atoms with van der Waals surface area (Å²) >= 11 is 5.83. The Morgan fingerprint density at radius 2 is 2.20 bits per heavy atom.